The van der Waals surface area contributed by atoms with Gasteiger partial charge >= 0.3 is 11.8 Å². The van der Waals surface area contributed by atoms with Crippen LogP contribution in [0.15, 0.2) is 30.7 Å². The lowest BCUT2D eigenvalue weighted by Crippen LogP contribution is -2.40. The average molecular weight is 280 g/mol. The number of halogens is 2. The zero-order chi connectivity index (χ0) is 14.9. The predicted octanol–water partition coefficient (Wildman–Crippen LogP) is 1.88. The molecule has 0 aliphatic heterocycles. The SMILES string of the molecule is Cc1cccnc1C(F)(F)C(=O)N(C)c1cnn(C)c1. The van der Waals surface area contributed by atoms with Gasteiger partial charge in [0.1, 0.15) is 5.69 Å². The predicted molar refractivity (Wildman–Crippen MR) is 69.5 cm³/mol. The van der Waals surface area contributed by atoms with E-state index in [1.807, 2.05) is 0 Å². The van der Waals surface area contributed by atoms with Gasteiger partial charge in [0.15, 0.2) is 0 Å². The first-order valence-corrected chi connectivity index (χ1v) is 5.90. The van der Waals surface area contributed by atoms with Crippen LogP contribution in [0.1, 0.15) is 11.3 Å². The van der Waals surface area contributed by atoms with E-state index in [-0.39, 0.29) is 5.56 Å². The summed E-state index contributed by atoms with van der Waals surface area (Å²) in [5, 5.41) is 3.85. The van der Waals surface area contributed by atoms with Gasteiger partial charge in [-0.2, -0.15) is 13.9 Å². The van der Waals surface area contributed by atoms with Crippen molar-refractivity contribution in [3.63, 3.8) is 0 Å². The minimum atomic E-state index is -3.68. The van der Waals surface area contributed by atoms with E-state index < -0.39 is 17.5 Å². The number of pyridine rings is 1. The lowest BCUT2D eigenvalue weighted by atomic mass is 10.1. The summed E-state index contributed by atoms with van der Waals surface area (Å²) in [6.07, 6.45) is 4.08. The number of aromatic nitrogens is 3. The van der Waals surface area contributed by atoms with Crippen molar-refractivity contribution in [2.45, 2.75) is 12.8 Å². The van der Waals surface area contributed by atoms with Gasteiger partial charge in [-0.25, -0.2) is 0 Å². The van der Waals surface area contributed by atoms with Crippen LogP contribution in [0.4, 0.5) is 14.5 Å². The Bertz CT molecular complexity index is 639. The maximum Gasteiger partial charge on any atom is 0.366 e. The van der Waals surface area contributed by atoms with Crippen LogP contribution in [0.25, 0.3) is 0 Å². The number of carbonyl (C=O) groups excluding carboxylic acids is 1. The van der Waals surface area contributed by atoms with Gasteiger partial charge in [0.05, 0.1) is 11.9 Å². The number of hydrogen-bond acceptors (Lipinski definition) is 3. The third-order valence-electron chi connectivity index (χ3n) is 2.96. The zero-order valence-electron chi connectivity index (χ0n) is 11.3. The third-order valence-corrected chi connectivity index (χ3v) is 2.96. The molecule has 0 aliphatic rings. The van der Waals surface area contributed by atoms with E-state index in [2.05, 4.69) is 10.1 Å². The van der Waals surface area contributed by atoms with Gasteiger partial charge in [-0.3, -0.25) is 14.5 Å². The van der Waals surface area contributed by atoms with Gasteiger partial charge < -0.3 is 4.90 Å². The standard InChI is InChI=1S/C13H14F2N4O/c1-9-5-4-6-16-11(9)13(14,15)12(20)19(3)10-7-17-18(2)8-10/h4-8H,1-3H3. The summed E-state index contributed by atoms with van der Waals surface area (Å²) < 4.78 is 30.0. The average Bonchev–Trinajstić information content (AvgIpc) is 2.84. The van der Waals surface area contributed by atoms with Crippen molar-refractivity contribution in [3.05, 3.63) is 42.0 Å². The van der Waals surface area contributed by atoms with Crippen LogP contribution in [0.3, 0.4) is 0 Å². The monoisotopic (exact) mass is 280 g/mol. The van der Waals surface area contributed by atoms with Crippen molar-refractivity contribution in [1.29, 1.82) is 0 Å². The molecule has 2 rings (SSSR count). The second kappa shape index (κ2) is 4.99. The Morgan fingerprint density at radius 3 is 2.70 bits per heavy atom. The smallest absolute Gasteiger partial charge is 0.307 e. The summed E-state index contributed by atoms with van der Waals surface area (Å²) in [7, 11) is 2.92. The van der Waals surface area contributed by atoms with Crippen LogP contribution < -0.4 is 4.90 Å². The molecule has 2 aromatic rings. The van der Waals surface area contributed by atoms with Gasteiger partial charge in [-0.15, -0.1) is 0 Å². The Morgan fingerprint density at radius 1 is 1.45 bits per heavy atom. The van der Waals surface area contributed by atoms with Gasteiger partial charge in [-0.05, 0) is 18.6 Å². The molecule has 0 bridgehead atoms. The lowest BCUT2D eigenvalue weighted by Gasteiger charge is -2.22. The van der Waals surface area contributed by atoms with Gasteiger partial charge in [0.25, 0.3) is 0 Å². The molecule has 0 spiro atoms. The highest BCUT2D eigenvalue weighted by Gasteiger charge is 2.46. The van der Waals surface area contributed by atoms with Crippen molar-refractivity contribution < 1.29 is 13.6 Å². The summed E-state index contributed by atoms with van der Waals surface area (Å²) in [6.45, 7) is 1.49. The van der Waals surface area contributed by atoms with Crippen LogP contribution in [0.2, 0.25) is 0 Å². The molecule has 2 aromatic heterocycles. The Hall–Kier alpha value is -2.31. The van der Waals surface area contributed by atoms with Crippen molar-refractivity contribution in [3.8, 4) is 0 Å². The van der Waals surface area contributed by atoms with E-state index in [1.54, 1.807) is 13.1 Å². The highest BCUT2D eigenvalue weighted by molar-refractivity contribution is 5.98. The van der Waals surface area contributed by atoms with Crippen molar-refractivity contribution in [2.75, 3.05) is 11.9 Å². The second-order valence-corrected chi connectivity index (χ2v) is 4.48. The zero-order valence-corrected chi connectivity index (χ0v) is 11.3. The van der Waals surface area contributed by atoms with E-state index >= 15 is 0 Å². The lowest BCUT2D eigenvalue weighted by molar-refractivity contribution is -0.144. The van der Waals surface area contributed by atoms with Crippen LogP contribution in [-0.2, 0) is 17.8 Å². The number of aryl methyl sites for hydroxylation is 2. The fourth-order valence-corrected chi connectivity index (χ4v) is 1.83. The quantitative estimate of drug-likeness (QED) is 0.862. The number of rotatable bonds is 3. The number of hydrogen-bond donors (Lipinski definition) is 0. The fraction of sp³-hybridized carbons (Fsp3) is 0.308. The molecular weight excluding hydrogens is 266 g/mol. The largest absolute Gasteiger partial charge is 0.366 e. The molecule has 0 saturated heterocycles. The number of likely N-dealkylation sites (N-methyl/N-ethyl adjacent to an activating group) is 1. The molecule has 2 heterocycles. The minimum absolute atomic E-state index is 0.269. The highest BCUT2D eigenvalue weighted by atomic mass is 19.3. The Morgan fingerprint density at radius 2 is 2.15 bits per heavy atom. The molecule has 106 valence electrons. The summed E-state index contributed by atoms with van der Waals surface area (Å²) >= 11 is 0. The van der Waals surface area contributed by atoms with Crippen LogP contribution in [-0.4, -0.2) is 27.7 Å². The van der Waals surface area contributed by atoms with E-state index in [9.17, 15) is 13.6 Å². The number of nitrogens with zero attached hydrogens (tertiary/aromatic N) is 4. The summed E-state index contributed by atoms with van der Waals surface area (Å²) in [5.41, 5.74) is 0.0388. The molecule has 0 N–H and O–H groups in total. The first kappa shape index (κ1) is 14.1. The van der Waals surface area contributed by atoms with Crippen LogP contribution >= 0.6 is 0 Å². The molecule has 5 nitrogen and oxygen atoms in total. The molecule has 0 unspecified atom stereocenters. The summed E-state index contributed by atoms with van der Waals surface area (Å²) in [6, 6.07) is 3.04. The highest BCUT2D eigenvalue weighted by Crippen LogP contribution is 2.31. The molecular formula is C13H14F2N4O. The second-order valence-electron chi connectivity index (χ2n) is 4.48. The van der Waals surface area contributed by atoms with Crippen molar-refractivity contribution in [2.24, 2.45) is 7.05 Å². The topological polar surface area (TPSA) is 51.0 Å². The van der Waals surface area contributed by atoms with Crippen molar-refractivity contribution in [1.82, 2.24) is 14.8 Å². The number of amides is 1. The molecule has 0 atom stereocenters. The first-order chi connectivity index (χ1) is 9.34. The molecule has 20 heavy (non-hydrogen) atoms. The van der Waals surface area contributed by atoms with Gasteiger partial charge in [-0.1, -0.05) is 6.07 Å². The minimum Gasteiger partial charge on any atom is -0.307 e. The van der Waals surface area contributed by atoms with E-state index in [0.717, 1.165) is 4.90 Å². The summed E-state index contributed by atoms with van der Waals surface area (Å²) in [5.74, 6) is -5.03. The number of alkyl halides is 2. The molecule has 0 aromatic carbocycles. The molecule has 1 amide bonds. The molecule has 0 aliphatic carbocycles. The molecule has 7 heteroatoms. The van der Waals surface area contributed by atoms with Crippen LogP contribution in [0, 0.1) is 6.92 Å². The first-order valence-electron chi connectivity index (χ1n) is 5.90. The maximum atomic E-state index is 14.3. The van der Waals surface area contributed by atoms with E-state index in [0.29, 0.717) is 5.69 Å². The fourth-order valence-electron chi connectivity index (χ4n) is 1.83. The number of carbonyl (C=O) groups is 1. The Labute approximate surface area is 114 Å². The van der Waals surface area contributed by atoms with E-state index in [1.165, 1.54) is 43.3 Å². The van der Waals surface area contributed by atoms with Crippen LogP contribution in [0.5, 0.6) is 0 Å². The third kappa shape index (κ3) is 2.38. The van der Waals surface area contributed by atoms with Gasteiger partial charge in [0, 0.05) is 26.5 Å². The Kier molecular flexibility index (Phi) is 3.52. The maximum absolute atomic E-state index is 14.3. The Balaban J connectivity index is 2.34. The summed E-state index contributed by atoms with van der Waals surface area (Å²) in [4.78, 5) is 16.5. The van der Waals surface area contributed by atoms with Crippen molar-refractivity contribution >= 4 is 11.6 Å². The van der Waals surface area contributed by atoms with Gasteiger partial charge in [0.2, 0.25) is 0 Å². The van der Waals surface area contributed by atoms with E-state index in [4.69, 9.17) is 0 Å². The normalized spacial score (nSPS) is 11.4. The number of anilines is 1. The molecule has 0 radical (unpaired) electrons. The molecule has 0 saturated carbocycles. The molecule has 0 fully saturated rings.